The molecule has 2 aromatic rings. The first-order valence-corrected chi connectivity index (χ1v) is 5.18. The second-order valence-corrected chi connectivity index (χ2v) is 4.02. The third-order valence-corrected chi connectivity index (χ3v) is 2.60. The van der Waals surface area contributed by atoms with Crippen molar-refractivity contribution in [3.05, 3.63) is 35.8 Å². The van der Waals surface area contributed by atoms with Crippen molar-refractivity contribution in [1.82, 2.24) is 4.98 Å². The lowest BCUT2D eigenvalue weighted by Crippen LogP contribution is -2.15. The summed E-state index contributed by atoms with van der Waals surface area (Å²) in [5, 5.41) is 1.09. The maximum Gasteiger partial charge on any atom is 0.125 e. The van der Waals surface area contributed by atoms with Gasteiger partial charge in [0, 0.05) is 23.1 Å². The summed E-state index contributed by atoms with van der Waals surface area (Å²) >= 11 is 0. The summed E-state index contributed by atoms with van der Waals surface area (Å²) in [4.78, 5) is 3.07. The minimum absolute atomic E-state index is 0.204. The van der Waals surface area contributed by atoms with Crippen molar-refractivity contribution in [3.63, 3.8) is 0 Å². The molecule has 0 fully saturated rings. The fraction of sp³-hybridized carbons (Fsp3) is 0.333. The quantitative estimate of drug-likeness (QED) is 0.796. The number of halogens is 1. The van der Waals surface area contributed by atoms with Crippen LogP contribution in [0.2, 0.25) is 0 Å². The molecule has 1 heterocycles. The third-order valence-electron chi connectivity index (χ3n) is 2.60. The molecular formula is C12H15FN2. The highest BCUT2D eigenvalue weighted by molar-refractivity contribution is 5.83. The van der Waals surface area contributed by atoms with Crippen LogP contribution in [0.3, 0.4) is 0 Å². The van der Waals surface area contributed by atoms with Gasteiger partial charge in [-0.05, 0) is 43.5 Å². The van der Waals surface area contributed by atoms with E-state index in [4.69, 9.17) is 5.73 Å². The van der Waals surface area contributed by atoms with Crippen LogP contribution < -0.4 is 5.73 Å². The number of nitrogens with two attached hydrogens (primary N) is 1. The minimum atomic E-state index is -0.205. The zero-order valence-electron chi connectivity index (χ0n) is 8.76. The Bertz CT molecular complexity index is 460. The van der Waals surface area contributed by atoms with Gasteiger partial charge in [-0.1, -0.05) is 0 Å². The van der Waals surface area contributed by atoms with E-state index >= 15 is 0 Å². The number of H-pyrrole nitrogens is 1. The summed E-state index contributed by atoms with van der Waals surface area (Å²) in [5.74, 6) is -0.205. The first-order valence-electron chi connectivity index (χ1n) is 5.18. The van der Waals surface area contributed by atoms with E-state index in [1.165, 1.54) is 17.7 Å². The fourth-order valence-corrected chi connectivity index (χ4v) is 1.75. The Hall–Kier alpha value is -1.35. The van der Waals surface area contributed by atoms with Crippen LogP contribution in [0.15, 0.2) is 24.4 Å². The molecule has 0 saturated carbocycles. The number of hydrogen-bond donors (Lipinski definition) is 2. The van der Waals surface area contributed by atoms with Crippen LogP contribution in [-0.4, -0.2) is 11.0 Å². The zero-order chi connectivity index (χ0) is 10.8. The van der Waals surface area contributed by atoms with Gasteiger partial charge in [0.15, 0.2) is 0 Å². The molecule has 0 saturated heterocycles. The van der Waals surface area contributed by atoms with Crippen molar-refractivity contribution in [1.29, 1.82) is 0 Å². The normalized spacial score (nSPS) is 13.3. The van der Waals surface area contributed by atoms with Gasteiger partial charge < -0.3 is 10.7 Å². The van der Waals surface area contributed by atoms with Crippen molar-refractivity contribution in [2.24, 2.45) is 5.73 Å². The number of aryl methyl sites for hydroxylation is 1. The summed E-state index contributed by atoms with van der Waals surface area (Å²) in [6.45, 7) is 1.99. The van der Waals surface area contributed by atoms with Crippen LogP contribution in [0.4, 0.5) is 4.39 Å². The van der Waals surface area contributed by atoms with E-state index in [-0.39, 0.29) is 11.9 Å². The van der Waals surface area contributed by atoms with E-state index in [9.17, 15) is 4.39 Å². The lowest BCUT2D eigenvalue weighted by Gasteiger charge is -2.03. The van der Waals surface area contributed by atoms with Gasteiger partial charge >= 0.3 is 0 Å². The summed E-state index contributed by atoms with van der Waals surface area (Å²) < 4.78 is 12.9. The van der Waals surface area contributed by atoms with Crippen LogP contribution in [-0.2, 0) is 6.42 Å². The van der Waals surface area contributed by atoms with Crippen molar-refractivity contribution in [2.75, 3.05) is 0 Å². The van der Waals surface area contributed by atoms with Crippen LogP contribution in [0.1, 0.15) is 18.9 Å². The molecule has 80 valence electrons. The Morgan fingerprint density at radius 3 is 3.00 bits per heavy atom. The van der Waals surface area contributed by atoms with E-state index < -0.39 is 0 Å². The predicted molar refractivity (Wildman–Crippen MR) is 60.2 cm³/mol. The average Bonchev–Trinajstić information content (AvgIpc) is 2.57. The minimum Gasteiger partial charge on any atom is -0.361 e. The monoisotopic (exact) mass is 206 g/mol. The average molecular weight is 206 g/mol. The van der Waals surface area contributed by atoms with Gasteiger partial charge in [0.25, 0.3) is 0 Å². The number of hydrogen-bond acceptors (Lipinski definition) is 1. The molecule has 0 amide bonds. The topological polar surface area (TPSA) is 41.8 Å². The number of rotatable bonds is 3. The van der Waals surface area contributed by atoms with E-state index in [2.05, 4.69) is 4.98 Å². The van der Waals surface area contributed by atoms with Crippen LogP contribution in [0.25, 0.3) is 10.9 Å². The molecule has 3 heteroatoms. The smallest absolute Gasteiger partial charge is 0.125 e. The van der Waals surface area contributed by atoms with Crippen molar-refractivity contribution >= 4 is 10.9 Å². The molecule has 1 atom stereocenters. The number of aromatic nitrogens is 1. The van der Waals surface area contributed by atoms with Crippen molar-refractivity contribution < 1.29 is 4.39 Å². The van der Waals surface area contributed by atoms with Gasteiger partial charge in [-0.3, -0.25) is 0 Å². The lowest BCUT2D eigenvalue weighted by molar-refractivity contribution is 0.629. The Morgan fingerprint density at radius 1 is 1.47 bits per heavy atom. The predicted octanol–water partition coefficient (Wildman–Crippen LogP) is 2.59. The van der Waals surface area contributed by atoms with Crippen LogP contribution >= 0.6 is 0 Å². The molecule has 0 aliphatic heterocycles. The van der Waals surface area contributed by atoms with Gasteiger partial charge in [-0.15, -0.1) is 0 Å². The van der Waals surface area contributed by atoms with Crippen molar-refractivity contribution in [3.8, 4) is 0 Å². The van der Waals surface area contributed by atoms with Crippen LogP contribution in [0.5, 0.6) is 0 Å². The Morgan fingerprint density at radius 2 is 2.27 bits per heavy atom. The Balaban J connectivity index is 2.29. The van der Waals surface area contributed by atoms with Gasteiger partial charge in [-0.25, -0.2) is 4.39 Å². The highest BCUT2D eigenvalue weighted by Crippen LogP contribution is 2.20. The molecule has 2 nitrogen and oxygen atoms in total. The molecular weight excluding hydrogens is 191 g/mol. The fourth-order valence-electron chi connectivity index (χ4n) is 1.75. The molecule has 0 unspecified atom stereocenters. The highest BCUT2D eigenvalue weighted by atomic mass is 19.1. The molecule has 0 spiro atoms. The Labute approximate surface area is 88.3 Å². The maximum absolute atomic E-state index is 12.9. The molecule has 2 rings (SSSR count). The van der Waals surface area contributed by atoms with E-state index in [1.54, 1.807) is 0 Å². The first kappa shape index (κ1) is 10.2. The summed E-state index contributed by atoms with van der Waals surface area (Å²) in [5.41, 5.74) is 7.77. The first-order chi connectivity index (χ1) is 7.16. The van der Waals surface area contributed by atoms with Gasteiger partial charge in [0.1, 0.15) is 5.82 Å². The maximum atomic E-state index is 12.9. The summed E-state index contributed by atoms with van der Waals surface area (Å²) in [6.07, 6.45) is 3.82. The van der Waals surface area contributed by atoms with Gasteiger partial charge in [0.2, 0.25) is 0 Å². The molecule has 1 aromatic carbocycles. The zero-order valence-corrected chi connectivity index (χ0v) is 8.76. The molecule has 15 heavy (non-hydrogen) atoms. The van der Waals surface area contributed by atoms with E-state index in [0.717, 1.165) is 23.7 Å². The number of benzene rings is 1. The standard InChI is InChI=1S/C12H15FN2/c1-8(14)2-3-9-7-15-12-6-10(13)4-5-11(9)12/h4-8,15H,2-3,14H2,1H3/t8-/m0/s1. The van der Waals surface area contributed by atoms with E-state index in [0.29, 0.717) is 0 Å². The Kier molecular flexibility index (Phi) is 2.73. The SMILES string of the molecule is C[C@H](N)CCc1c[nH]c2cc(F)ccc12. The van der Waals surface area contributed by atoms with E-state index in [1.807, 2.05) is 19.2 Å². The number of nitrogens with one attached hydrogen (secondary N) is 1. The molecule has 0 aliphatic rings. The second kappa shape index (κ2) is 4.03. The van der Waals surface area contributed by atoms with Gasteiger partial charge in [0.05, 0.1) is 0 Å². The number of aromatic amines is 1. The lowest BCUT2D eigenvalue weighted by atomic mass is 10.1. The largest absolute Gasteiger partial charge is 0.361 e. The molecule has 0 radical (unpaired) electrons. The molecule has 1 aromatic heterocycles. The third kappa shape index (κ3) is 2.18. The molecule has 0 aliphatic carbocycles. The van der Waals surface area contributed by atoms with Gasteiger partial charge in [-0.2, -0.15) is 0 Å². The second-order valence-electron chi connectivity index (χ2n) is 4.02. The number of fused-ring (bicyclic) bond motifs is 1. The molecule has 0 bridgehead atoms. The van der Waals surface area contributed by atoms with Crippen LogP contribution in [0, 0.1) is 5.82 Å². The molecule has 3 N–H and O–H groups in total. The summed E-state index contributed by atoms with van der Waals surface area (Å²) in [6, 6.07) is 5.03. The summed E-state index contributed by atoms with van der Waals surface area (Å²) in [7, 11) is 0. The van der Waals surface area contributed by atoms with Crippen molar-refractivity contribution in [2.45, 2.75) is 25.8 Å². The highest BCUT2D eigenvalue weighted by Gasteiger charge is 2.05.